The summed E-state index contributed by atoms with van der Waals surface area (Å²) >= 11 is 0. The Morgan fingerprint density at radius 3 is 1.40 bits per heavy atom. The molecule has 0 saturated carbocycles. The summed E-state index contributed by atoms with van der Waals surface area (Å²) in [7, 11) is 0. The van der Waals surface area contributed by atoms with E-state index in [1.54, 1.807) is 0 Å². The second-order valence-corrected chi connectivity index (χ2v) is 4.00. The number of benzene rings is 2. The molecule has 0 aliphatic heterocycles. The number of hydrogen-bond acceptors (Lipinski definition) is 0. The lowest BCUT2D eigenvalue weighted by Gasteiger charge is -1.78. The van der Waals surface area contributed by atoms with Crippen molar-refractivity contribution in [2.45, 2.75) is 0 Å². The van der Waals surface area contributed by atoms with Crippen molar-refractivity contribution in [2.24, 2.45) is 0 Å². The summed E-state index contributed by atoms with van der Waals surface area (Å²) < 4.78 is 0. The number of aromatic nitrogens is 4. The lowest BCUT2D eigenvalue weighted by Crippen LogP contribution is -3.00. The van der Waals surface area contributed by atoms with Crippen LogP contribution in [0.3, 0.4) is 0 Å². The topological polar surface area (TPSA) is 59.9 Å². The number of H-pyrrole nitrogens is 4. The Morgan fingerprint density at radius 2 is 1.00 bits per heavy atom. The van der Waals surface area contributed by atoms with E-state index in [0.29, 0.717) is 0 Å². The Kier molecular flexibility index (Phi) is 6.03. The van der Waals surface area contributed by atoms with Crippen LogP contribution in [0.25, 0.3) is 21.8 Å². The predicted octanol–water partition coefficient (Wildman–Crippen LogP) is -4.03. The summed E-state index contributed by atoms with van der Waals surface area (Å²) in [5.41, 5.74) is 2.30. The molecule has 0 aliphatic rings. The average molecular weight is 309 g/mol. The number of para-hydroxylation sites is 2. The number of rotatable bonds is 0. The maximum absolute atomic E-state index is 2.99. The van der Waals surface area contributed by atoms with E-state index >= 15 is 0 Å². The molecule has 4 N–H and O–H groups in total. The monoisotopic (exact) mass is 308 g/mol. The number of nitrogens with one attached hydrogen (secondary N) is 4. The van der Waals surface area contributed by atoms with Crippen LogP contribution in [0, 0.1) is 0 Å². The highest BCUT2D eigenvalue weighted by atomic mass is 35.5. The Hall–Kier alpha value is -2.04. The second-order valence-electron chi connectivity index (χ2n) is 4.00. The van der Waals surface area contributed by atoms with E-state index in [1.165, 1.54) is 10.8 Å². The summed E-state index contributed by atoms with van der Waals surface area (Å²) in [6, 6.07) is 16.2. The van der Waals surface area contributed by atoms with Crippen LogP contribution >= 0.6 is 0 Å². The molecule has 0 aliphatic carbocycles. The first-order chi connectivity index (χ1) is 8.93. The third-order valence-corrected chi connectivity index (χ3v) is 2.79. The normalized spacial score (nSPS) is 9.20. The van der Waals surface area contributed by atoms with Crippen molar-refractivity contribution in [1.82, 2.24) is 10.2 Å². The van der Waals surface area contributed by atoms with Crippen LogP contribution < -0.4 is 35.0 Å². The first kappa shape index (κ1) is 16.0. The van der Waals surface area contributed by atoms with E-state index in [9.17, 15) is 0 Å². The minimum Gasteiger partial charge on any atom is -1.00 e. The highest BCUT2D eigenvalue weighted by Gasteiger charge is 1.94. The lowest BCUT2D eigenvalue weighted by atomic mass is 10.3. The number of fused-ring (bicyclic) bond motifs is 2. The van der Waals surface area contributed by atoms with Crippen molar-refractivity contribution in [2.75, 3.05) is 0 Å². The third-order valence-electron chi connectivity index (χ3n) is 2.79. The molecule has 2 heterocycles. The van der Waals surface area contributed by atoms with Crippen LogP contribution in [-0.2, 0) is 0 Å². The van der Waals surface area contributed by atoms with Gasteiger partial charge >= 0.3 is 0 Å². The van der Waals surface area contributed by atoms with Gasteiger partial charge in [0.25, 0.3) is 0 Å². The zero-order chi connectivity index (χ0) is 12.2. The standard InChI is InChI=1S/2C7H6N2.2ClH/c2*1-2-4-7-6(3-1)5-8-9-7;;/h2*1-5H,(H,8,9);2*1H. The molecule has 0 saturated heterocycles. The van der Waals surface area contributed by atoms with E-state index in [1.807, 2.05) is 48.8 Å². The zero-order valence-electron chi connectivity index (χ0n) is 10.5. The molecule has 4 aromatic rings. The van der Waals surface area contributed by atoms with E-state index in [2.05, 4.69) is 32.5 Å². The third kappa shape index (κ3) is 3.50. The fourth-order valence-electron chi connectivity index (χ4n) is 1.86. The maximum Gasteiger partial charge on any atom is 0.200 e. The molecule has 0 radical (unpaired) electrons. The van der Waals surface area contributed by atoms with Gasteiger partial charge in [-0.3, -0.25) is 0 Å². The highest BCUT2D eigenvalue weighted by molar-refractivity contribution is 5.76. The lowest BCUT2D eigenvalue weighted by molar-refractivity contribution is -0.446. The van der Waals surface area contributed by atoms with Crippen molar-refractivity contribution in [3.63, 3.8) is 0 Å². The molecule has 6 heteroatoms. The molecule has 2 aromatic carbocycles. The summed E-state index contributed by atoms with van der Waals surface area (Å²) in [6.45, 7) is 0. The van der Waals surface area contributed by atoms with Gasteiger partial charge in [0, 0.05) is 0 Å². The number of halogens is 2. The van der Waals surface area contributed by atoms with Crippen LogP contribution in [0.5, 0.6) is 0 Å². The van der Waals surface area contributed by atoms with Crippen molar-refractivity contribution in [3.8, 4) is 0 Å². The smallest absolute Gasteiger partial charge is 0.200 e. The van der Waals surface area contributed by atoms with Crippen molar-refractivity contribution >= 4 is 21.8 Å². The SMILES string of the molecule is [Cl-].[Cl-].c1ccc2[nH][nH+]cc2c1.c1ccc2[nH][nH+]cc2c1. The molecule has 0 spiro atoms. The Morgan fingerprint density at radius 1 is 0.600 bits per heavy atom. The highest BCUT2D eigenvalue weighted by Crippen LogP contribution is 2.05. The predicted molar refractivity (Wildman–Crippen MR) is 69.7 cm³/mol. The summed E-state index contributed by atoms with van der Waals surface area (Å²) in [5, 5.41) is 14.3. The van der Waals surface area contributed by atoms with Crippen molar-refractivity contribution in [3.05, 3.63) is 60.9 Å². The van der Waals surface area contributed by atoms with Crippen LogP contribution in [-0.4, -0.2) is 10.2 Å². The fraction of sp³-hybridized carbons (Fsp3) is 0. The van der Waals surface area contributed by atoms with Gasteiger partial charge in [-0.1, -0.05) is 24.3 Å². The zero-order valence-corrected chi connectivity index (χ0v) is 12.0. The molecule has 4 rings (SSSR count). The van der Waals surface area contributed by atoms with Gasteiger partial charge in [-0.15, -0.1) is 10.2 Å². The van der Waals surface area contributed by atoms with Gasteiger partial charge in [-0.25, -0.2) is 0 Å². The number of aromatic amines is 4. The molecule has 0 atom stereocenters. The summed E-state index contributed by atoms with van der Waals surface area (Å²) in [6.07, 6.45) is 3.88. The first-order valence-corrected chi connectivity index (χ1v) is 5.81. The largest absolute Gasteiger partial charge is 1.00 e. The van der Waals surface area contributed by atoms with Gasteiger partial charge in [0.15, 0.2) is 0 Å². The van der Waals surface area contributed by atoms with Crippen molar-refractivity contribution < 1.29 is 35.0 Å². The van der Waals surface area contributed by atoms with E-state index in [0.717, 1.165) is 11.0 Å². The Balaban J connectivity index is 0.000000182. The van der Waals surface area contributed by atoms with Gasteiger partial charge in [-0.05, 0) is 24.3 Å². The molecule has 104 valence electrons. The molecule has 0 amide bonds. The first-order valence-electron chi connectivity index (χ1n) is 5.81. The van der Waals surface area contributed by atoms with Crippen LogP contribution in [0.2, 0.25) is 0 Å². The second kappa shape index (κ2) is 7.53. The van der Waals surface area contributed by atoms with E-state index in [4.69, 9.17) is 0 Å². The van der Waals surface area contributed by atoms with E-state index in [-0.39, 0.29) is 24.8 Å². The maximum atomic E-state index is 2.99. The quantitative estimate of drug-likeness (QED) is 0.332. The fourth-order valence-corrected chi connectivity index (χ4v) is 1.86. The summed E-state index contributed by atoms with van der Waals surface area (Å²) in [4.78, 5) is 0. The Labute approximate surface area is 128 Å². The molecule has 4 nitrogen and oxygen atoms in total. The van der Waals surface area contributed by atoms with Gasteiger partial charge in [0.05, 0.1) is 10.8 Å². The van der Waals surface area contributed by atoms with Crippen LogP contribution in [0.15, 0.2) is 60.9 Å². The van der Waals surface area contributed by atoms with E-state index < -0.39 is 0 Å². The molecular weight excluding hydrogens is 295 g/mol. The molecule has 0 bridgehead atoms. The molecule has 2 aromatic heterocycles. The van der Waals surface area contributed by atoms with Gasteiger partial charge in [0.1, 0.15) is 11.0 Å². The van der Waals surface area contributed by atoms with Crippen LogP contribution in [0.1, 0.15) is 0 Å². The van der Waals surface area contributed by atoms with Crippen LogP contribution in [0.4, 0.5) is 0 Å². The Bertz CT molecular complexity index is 637. The molecule has 20 heavy (non-hydrogen) atoms. The van der Waals surface area contributed by atoms with Crippen molar-refractivity contribution in [1.29, 1.82) is 0 Å². The average Bonchev–Trinajstić information content (AvgIpc) is 3.08. The molecule has 0 unspecified atom stereocenters. The minimum atomic E-state index is 0. The minimum absolute atomic E-state index is 0. The molecular formula is C14H14Cl2N4. The van der Waals surface area contributed by atoms with Gasteiger partial charge in [0.2, 0.25) is 12.4 Å². The van der Waals surface area contributed by atoms with Gasteiger partial charge in [-0.2, -0.15) is 10.2 Å². The molecule has 0 fully saturated rings. The number of hydrogen-bond donors (Lipinski definition) is 2. The summed E-state index contributed by atoms with van der Waals surface area (Å²) in [5.74, 6) is 0. The van der Waals surface area contributed by atoms with Gasteiger partial charge < -0.3 is 24.8 Å².